The minimum absolute atomic E-state index is 0.0655. The molecule has 0 atom stereocenters. The second-order valence-corrected chi connectivity index (χ2v) is 4.95. The number of hydrogen-bond acceptors (Lipinski definition) is 2. The van der Waals surface area contributed by atoms with E-state index in [-0.39, 0.29) is 5.91 Å². The topological polar surface area (TPSA) is 41.1 Å². The van der Waals surface area contributed by atoms with Crippen molar-refractivity contribution in [1.29, 1.82) is 0 Å². The maximum Gasteiger partial charge on any atom is 0.234 e. The van der Waals surface area contributed by atoms with E-state index in [1.54, 1.807) is 0 Å². The van der Waals surface area contributed by atoms with Gasteiger partial charge in [-0.2, -0.15) is 0 Å². The Morgan fingerprint density at radius 3 is 2.88 bits per heavy atom. The van der Waals surface area contributed by atoms with Crippen LogP contribution >= 0.6 is 11.6 Å². The molecule has 1 aliphatic rings. The molecule has 4 heteroatoms. The lowest BCUT2D eigenvalue weighted by Gasteiger charge is -2.07. The van der Waals surface area contributed by atoms with Crippen LogP contribution in [0.15, 0.2) is 18.2 Å². The SMILES string of the molecule is Cc1ccc(CNCC(=O)NC2CC2)c(Cl)c1. The predicted molar refractivity (Wildman–Crippen MR) is 69.1 cm³/mol. The molecule has 0 spiro atoms. The number of hydrogen-bond donors (Lipinski definition) is 2. The summed E-state index contributed by atoms with van der Waals surface area (Å²) in [4.78, 5) is 11.4. The molecule has 1 aromatic rings. The van der Waals surface area contributed by atoms with Crippen molar-refractivity contribution in [3.63, 3.8) is 0 Å². The van der Waals surface area contributed by atoms with E-state index in [4.69, 9.17) is 11.6 Å². The van der Waals surface area contributed by atoms with Gasteiger partial charge < -0.3 is 10.6 Å². The van der Waals surface area contributed by atoms with Gasteiger partial charge in [-0.05, 0) is 37.0 Å². The number of carbonyl (C=O) groups is 1. The van der Waals surface area contributed by atoms with Gasteiger partial charge >= 0.3 is 0 Å². The Kier molecular flexibility index (Phi) is 4.02. The van der Waals surface area contributed by atoms with Crippen LogP contribution in [-0.4, -0.2) is 18.5 Å². The Bertz CT molecular complexity index is 416. The van der Waals surface area contributed by atoms with Gasteiger partial charge in [0, 0.05) is 17.6 Å². The van der Waals surface area contributed by atoms with Crippen LogP contribution in [0.5, 0.6) is 0 Å². The predicted octanol–water partition coefficient (Wildman–Crippen LogP) is 2.02. The fourth-order valence-corrected chi connectivity index (χ4v) is 1.91. The average Bonchev–Trinajstić information content (AvgIpc) is 3.05. The molecule has 1 aliphatic carbocycles. The van der Waals surface area contributed by atoms with E-state index in [1.807, 2.05) is 25.1 Å². The molecule has 0 aromatic heterocycles. The summed E-state index contributed by atoms with van der Waals surface area (Å²) in [6.07, 6.45) is 2.24. The number of halogens is 1. The van der Waals surface area contributed by atoms with E-state index < -0.39 is 0 Å². The highest BCUT2D eigenvalue weighted by Gasteiger charge is 2.22. The molecule has 0 aliphatic heterocycles. The number of carbonyl (C=O) groups excluding carboxylic acids is 1. The highest BCUT2D eigenvalue weighted by Crippen LogP contribution is 2.18. The molecular formula is C13H17ClN2O. The number of amides is 1. The average molecular weight is 253 g/mol. The van der Waals surface area contributed by atoms with Gasteiger partial charge in [-0.3, -0.25) is 4.79 Å². The lowest BCUT2D eigenvalue weighted by molar-refractivity contribution is -0.120. The third-order valence-corrected chi connectivity index (χ3v) is 3.10. The van der Waals surface area contributed by atoms with Crippen molar-refractivity contribution in [3.05, 3.63) is 34.3 Å². The van der Waals surface area contributed by atoms with E-state index >= 15 is 0 Å². The molecule has 0 heterocycles. The Labute approximate surface area is 107 Å². The first-order valence-electron chi connectivity index (χ1n) is 5.90. The Hall–Kier alpha value is -1.06. The molecule has 0 bridgehead atoms. The molecule has 92 valence electrons. The zero-order valence-electron chi connectivity index (χ0n) is 9.92. The van der Waals surface area contributed by atoms with Crippen LogP contribution in [0.2, 0.25) is 5.02 Å². The van der Waals surface area contributed by atoms with Crippen LogP contribution in [0.1, 0.15) is 24.0 Å². The minimum Gasteiger partial charge on any atom is -0.352 e. The number of rotatable bonds is 5. The van der Waals surface area contributed by atoms with Crippen LogP contribution in [0.3, 0.4) is 0 Å². The molecule has 0 radical (unpaired) electrons. The number of benzene rings is 1. The van der Waals surface area contributed by atoms with Gasteiger partial charge in [0.1, 0.15) is 0 Å². The minimum atomic E-state index is 0.0655. The second kappa shape index (κ2) is 5.52. The summed E-state index contributed by atoms with van der Waals surface area (Å²) in [6, 6.07) is 6.37. The molecule has 0 unspecified atom stereocenters. The molecule has 1 aromatic carbocycles. The lowest BCUT2D eigenvalue weighted by Crippen LogP contribution is -2.34. The number of nitrogens with one attached hydrogen (secondary N) is 2. The zero-order valence-corrected chi connectivity index (χ0v) is 10.7. The molecule has 2 N–H and O–H groups in total. The van der Waals surface area contributed by atoms with E-state index in [2.05, 4.69) is 10.6 Å². The monoisotopic (exact) mass is 252 g/mol. The Morgan fingerprint density at radius 2 is 2.24 bits per heavy atom. The smallest absolute Gasteiger partial charge is 0.234 e. The standard InChI is InChI=1S/C13H17ClN2O/c1-9-2-3-10(12(14)6-9)7-15-8-13(17)16-11-4-5-11/h2-3,6,11,15H,4-5,7-8H2,1H3,(H,16,17). The summed E-state index contributed by atoms with van der Waals surface area (Å²) in [5, 5.41) is 6.78. The van der Waals surface area contributed by atoms with Crippen molar-refractivity contribution >= 4 is 17.5 Å². The van der Waals surface area contributed by atoms with Crippen LogP contribution in [0, 0.1) is 6.92 Å². The maximum absolute atomic E-state index is 11.4. The van der Waals surface area contributed by atoms with Crippen molar-refractivity contribution in [2.45, 2.75) is 32.4 Å². The first-order valence-corrected chi connectivity index (χ1v) is 6.28. The van der Waals surface area contributed by atoms with Crippen molar-refractivity contribution in [2.75, 3.05) is 6.54 Å². The molecule has 0 saturated heterocycles. The first kappa shape index (κ1) is 12.4. The lowest BCUT2D eigenvalue weighted by atomic mass is 10.1. The van der Waals surface area contributed by atoms with Gasteiger partial charge in [0.2, 0.25) is 5.91 Å². The van der Waals surface area contributed by atoms with E-state index in [0.717, 1.165) is 29.0 Å². The van der Waals surface area contributed by atoms with Gasteiger partial charge in [-0.15, -0.1) is 0 Å². The second-order valence-electron chi connectivity index (χ2n) is 4.54. The summed E-state index contributed by atoms with van der Waals surface area (Å²) < 4.78 is 0. The third-order valence-electron chi connectivity index (χ3n) is 2.75. The Balaban J connectivity index is 1.75. The fourth-order valence-electron chi connectivity index (χ4n) is 1.61. The van der Waals surface area contributed by atoms with Crippen LogP contribution in [0.25, 0.3) is 0 Å². The van der Waals surface area contributed by atoms with Gasteiger partial charge in [0.25, 0.3) is 0 Å². The van der Waals surface area contributed by atoms with Gasteiger partial charge in [0.05, 0.1) is 6.54 Å². The quantitative estimate of drug-likeness (QED) is 0.842. The van der Waals surface area contributed by atoms with Crippen LogP contribution < -0.4 is 10.6 Å². The molecule has 1 fully saturated rings. The number of aryl methyl sites for hydroxylation is 1. The van der Waals surface area contributed by atoms with Gasteiger partial charge in [0.15, 0.2) is 0 Å². The van der Waals surface area contributed by atoms with E-state index in [9.17, 15) is 4.79 Å². The van der Waals surface area contributed by atoms with Gasteiger partial charge in [-0.1, -0.05) is 23.7 Å². The summed E-state index contributed by atoms with van der Waals surface area (Å²) in [5.41, 5.74) is 2.17. The summed E-state index contributed by atoms with van der Waals surface area (Å²) in [5.74, 6) is 0.0655. The van der Waals surface area contributed by atoms with E-state index in [1.165, 1.54) is 0 Å². The Morgan fingerprint density at radius 1 is 1.47 bits per heavy atom. The highest BCUT2D eigenvalue weighted by atomic mass is 35.5. The summed E-state index contributed by atoms with van der Waals surface area (Å²) in [7, 11) is 0. The molecular weight excluding hydrogens is 236 g/mol. The van der Waals surface area contributed by atoms with Crippen LogP contribution in [-0.2, 0) is 11.3 Å². The normalized spacial score (nSPS) is 14.7. The summed E-state index contributed by atoms with van der Waals surface area (Å²) in [6.45, 7) is 2.98. The summed E-state index contributed by atoms with van der Waals surface area (Å²) >= 11 is 6.10. The van der Waals surface area contributed by atoms with Crippen molar-refractivity contribution in [1.82, 2.24) is 10.6 Å². The molecule has 2 rings (SSSR count). The first-order chi connectivity index (χ1) is 8.15. The molecule has 1 saturated carbocycles. The largest absolute Gasteiger partial charge is 0.352 e. The van der Waals surface area contributed by atoms with Crippen molar-refractivity contribution < 1.29 is 4.79 Å². The zero-order chi connectivity index (χ0) is 12.3. The van der Waals surface area contributed by atoms with Crippen molar-refractivity contribution in [2.24, 2.45) is 0 Å². The molecule has 3 nitrogen and oxygen atoms in total. The molecule has 17 heavy (non-hydrogen) atoms. The fraction of sp³-hybridized carbons (Fsp3) is 0.462. The van der Waals surface area contributed by atoms with E-state index in [0.29, 0.717) is 19.1 Å². The maximum atomic E-state index is 11.4. The van der Waals surface area contributed by atoms with Crippen molar-refractivity contribution in [3.8, 4) is 0 Å². The highest BCUT2D eigenvalue weighted by molar-refractivity contribution is 6.31. The third kappa shape index (κ3) is 4.02. The molecule has 1 amide bonds. The van der Waals surface area contributed by atoms with Gasteiger partial charge in [-0.25, -0.2) is 0 Å². The van der Waals surface area contributed by atoms with Crippen LogP contribution in [0.4, 0.5) is 0 Å².